The summed E-state index contributed by atoms with van der Waals surface area (Å²) in [5, 5.41) is 0. The molecule has 0 aliphatic heterocycles. The van der Waals surface area contributed by atoms with Crippen molar-refractivity contribution in [1.29, 1.82) is 0 Å². The van der Waals surface area contributed by atoms with Crippen LogP contribution in [-0.2, 0) is 5.54 Å². The Labute approximate surface area is 96.9 Å². The second-order valence-electron chi connectivity index (χ2n) is 5.30. The van der Waals surface area contributed by atoms with Crippen LogP contribution in [0.2, 0.25) is 0 Å². The number of rotatable bonds is 1. The molecular weight excluding hydrogens is 201 g/mol. The highest BCUT2D eigenvalue weighted by Gasteiger charge is 2.32. The third-order valence-electron chi connectivity index (χ3n) is 3.91. The monoisotopic (exact) mass is 221 g/mol. The molecule has 0 aromatic heterocycles. The van der Waals surface area contributed by atoms with E-state index in [0.717, 1.165) is 37.2 Å². The predicted octanol–water partition coefficient (Wildman–Crippen LogP) is 3.50. The van der Waals surface area contributed by atoms with Gasteiger partial charge in [0.15, 0.2) is 0 Å². The molecule has 0 radical (unpaired) electrons. The van der Waals surface area contributed by atoms with Crippen LogP contribution in [0.4, 0.5) is 4.39 Å². The standard InChI is InChI=1S/C14H20FN/c1-10-5-7-14(16,8-6-10)12-4-3-11(2)13(15)9-12/h3-4,9-10H,5-8,16H2,1-2H3. The molecule has 1 aromatic carbocycles. The van der Waals surface area contributed by atoms with Gasteiger partial charge in [0.2, 0.25) is 0 Å². The third kappa shape index (κ3) is 2.12. The smallest absolute Gasteiger partial charge is 0.126 e. The Balaban J connectivity index is 2.25. The first kappa shape index (κ1) is 11.6. The van der Waals surface area contributed by atoms with E-state index in [1.54, 1.807) is 13.0 Å². The quantitative estimate of drug-likeness (QED) is 0.771. The van der Waals surface area contributed by atoms with Gasteiger partial charge >= 0.3 is 0 Å². The Kier molecular flexibility index (Phi) is 3.02. The van der Waals surface area contributed by atoms with Crippen molar-refractivity contribution >= 4 is 0 Å². The van der Waals surface area contributed by atoms with Gasteiger partial charge in [-0.2, -0.15) is 0 Å². The van der Waals surface area contributed by atoms with Gasteiger partial charge in [0, 0.05) is 5.54 Å². The van der Waals surface area contributed by atoms with Gasteiger partial charge < -0.3 is 5.73 Å². The number of aryl methyl sites for hydroxylation is 1. The molecule has 0 heterocycles. The van der Waals surface area contributed by atoms with Gasteiger partial charge in [0.05, 0.1) is 0 Å². The van der Waals surface area contributed by atoms with Crippen LogP contribution in [0.3, 0.4) is 0 Å². The number of halogens is 1. The summed E-state index contributed by atoms with van der Waals surface area (Å²) < 4.78 is 13.5. The van der Waals surface area contributed by atoms with Crippen molar-refractivity contribution in [3.63, 3.8) is 0 Å². The van der Waals surface area contributed by atoms with Gasteiger partial charge in [-0.1, -0.05) is 19.1 Å². The Morgan fingerprint density at radius 3 is 2.50 bits per heavy atom. The van der Waals surface area contributed by atoms with Gasteiger partial charge in [0.1, 0.15) is 5.82 Å². The lowest BCUT2D eigenvalue weighted by Crippen LogP contribution is -2.40. The molecule has 1 saturated carbocycles. The number of benzene rings is 1. The van der Waals surface area contributed by atoms with Crippen LogP contribution in [0.5, 0.6) is 0 Å². The molecule has 0 unspecified atom stereocenters. The summed E-state index contributed by atoms with van der Waals surface area (Å²) in [6, 6.07) is 5.43. The average molecular weight is 221 g/mol. The lowest BCUT2D eigenvalue weighted by atomic mass is 9.74. The SMILES string of the molecule is Cc1ccc(C2(N)CCC(C)CC2)cc1F. The van der Waals surface area contributed by atoms with Crippen LogP contribution in [0.15, 0.2) is 18.2 Å². The van der Waals surface area contributed by atoms with Gasteiger partial charge in [-0.25, -0.2) is 4.39 Å². The van der Waals surface area contributed by atoms with E-state index in [2.05, 4.69) is 6.92 Å². The topological polar surface area (TPSA) is 26.0 Å². The van der Waals surface area contributed by atoms with Crippen molar-refractivity contribution in [2.75, 3.05) is 0 Å². The van der Waals surface area contributed by atoms with Crippen LogP contribution in [-0.4, -0.2) is 0 Å². The minimum absolute atomic E-state index is 0.138. The fourth-order valence-electron chi connectivity index (χ4n) is 2.47. The highest BCUT2D eigenvalue weighted by Crippen LogP contribution is 2.37. The first-order chi connectivity index (χ1) is 7.51. The summed E-state index contributed by atoms with van der Waals surface area (Å²) in [6.07, 6.45) is 4.23. The number of hydrogen-bond acceptors (Lipinski definition) is 1. The maximum Gasteiger partial charge on any atom is 0.126 e. The molecule has 2 heteroatoms. The summed E-state index contributed by atoms with van der Waals surface area (Å²) >= 11 is 0. The Hall–Kier alpha value is -0.890. The summed E-state index contributed by atoms with van der Waals surface area (Å²) in [5.74, 6) is 0.618. The van der Waals surface area contributed by atoms with E-state index in [0.29, 0.717) is 5.56 Å². The zero-order chi connectivity index (χ0) is 11.8. The minimum Gasteiger partial charge on any atom is -0.321 e. The maximum absolute atomic E-state index is 13.5. The normalized spacial score (nSPS) is 30.4. The predicted molar refractivity (Wildman–Crippen MR) is 64.6 cm³/mol. The lowest BCUT2D eigenvalue weighted by molar-refractivity contribution is 0.247. The van der Waals surface area contributed by atoms with Crippen LogP contribution in [0, 0.1) is 18.7 Å². The van der Waals surface area contributed by atoms with Gasteiger partial charge in [0.25, 0.3) is 0 Å². The van der Waals surface area contributed by atoms with Crippen molar-refractivity contribution in [2.45, 2.75) is 45.1 Å². The molecule has 0 spiro atoms. The summed E-state index contributed by atoms with van der Waals surface area (Å²) in [4.78, 5) is 0. The Morgan fingerprint density at radius 1 is 1.31 bits per heavy atom. The molecule has 1 aromatic rings. The average Bonchev–Trinajstić information content (AvgIpc) is 2.26. The van der Waals surface area contributed by atoms with Crippen LogP contribution in [0.1, 0.15) is 43.7 Å². The fraction of sp³-hybridized carbons (Fsp3) is 0.571. The second-order valence-corrected chi connectivity index (χ2v) is 5.30. The Bertz CT molecular complexity index is 378. The lowest BCUT2D eigenvalue weighted by Gasteiger charge is -2.36. The van der Waals surface area contributed by atoms with E-state index < -0.39 is 0 Å². The van der Waals surface area contributed by atoms with E-state index >= 15 is 0 Å². The zero-order valence-corrected chi connectivity index (χ0v) is 10.1. The number of nitrogens with two attached hydrogens (primary N) is 1. The summed E-state index contributed by atoms with van der Waals surface area (Å²) in [5.41, 5.74) is 7.74. The van der Waals surface area contributed by atoms with Crippen molar-refractivity contribution in [2.24, 2.45) is 11.7 Å². The molecule has 1 aliphatic carbocycles. The van der Waals surface area contributed by atoms with E-state index in [4.69, 9.17) is 5.73 Å². The van der Waals surface area contributed by atoms with Gasteiger partial charge in [-0.3, -0.25) is 0 Å². The van der Waals surface area contributed by atoms with E-state index in [-0.39, 0.29) is 11.4 Å². The molecule has 16 heavy (non-hydrogen) atoms. The molecule has 1 aliphatic rings. The summed E-state index contributed by atoms with van der Waals surface area (Å²) in [7, 11) is 0. The largest absolute Gasteiger partial charge is 0.321 e. The van der Waals surface area contributed by atoms with Gasteiger partial charge in [-0.15, -0.1) is 0 Å². The van der Waals surface area contributed by atoms with E-state index in [1.165, 1.54) is 0 Å². The van der Waals surface area contributed by atoms with Crippen molar-refractivity contribution in [3.8, 4) is 0 Å². The highest BCUT2D eigenvalue weighted by atomic mass is 19.1. The molecule has 1 fully saturated rings. The summed E-state index contributed by atoms with van der Waals surface area (Å²) in [6.45, 7) is 4.04. The third-order valence-corrected chi connectivity index (χ3v) is 3.91. The second kappa shape index (κ2) is 4.17. The molecule has 0 saturated heterocycles. The van der Waals surface area contributed by atoms with Crippen LogP contribution >= 0.6 is 0 Å². The first-order valence-corrected chi connectivity index (χ1v) is 6.07. The first-order valence-electron chi connectivity index (χ1n) is 6.07. The maximum atomic E-state index is 13.5. The molecule has 2 N–H and O–H groups in total. The number of hydrogen-bond donors (Lipinski definition) is 1. The molecule has 2 rings (SSSR count). The molecule has 88 valence electrons. The molecule has 1 nitrogen and oxygen atoms in total. The minimum atomic E-state index is -0.305. The van der Waals surface area contributed by atoms with E-state index in [9.17, 15) is 4.39 Å². The molecular formula is C14H20FN. The van der Waals surface area contributed by atoms with Crippen LogP contribution < -0.4 is 5.73 Å². The zero-order valence-electron chi connectivity index (χ0n) is 10.1. The van der Waals surface area contributed by atoms with E-state index in [1.807, 2.05) is 12.1 Å². The highest BCUT2D eigenvalue weighted by molar-refractivity contribution is 5.29. The van der Waals surface area contributed by atoms with Crippen molar-refractivity contribution in [1.82, 2.24) is 0 Å². The fourth-order valence-corrected chi connectivity index (χ4v) is 2.47. The van der Waals surface area contributed by atoms with Crippen molar-refractivity contribution < 1.29 is 4.39 Å². The van der Waals surface area contributed by atoms with Crippen molar-refractivity contribution in [3.05, 3.63) is 35.1 Å². The molecule has 0 bridgehead atoms. The van der Waals surface area contributed by atoms with Gasteiger partial charge in [-0.05, 0) is 55.7 Å². The molecule has 0 amide bonds. The Morgan fingerprint density at radius 2 is 1.94 bits per heavy atom. The molecule has 0 atom stereocenters. The van der Waals surface area contributed by atoms with Crippen LogP contribution in [0.25, 0.3) is 0 Å².